The Morgan fingerprint density at radius 3 is 2.74 bits per heavy atom. The molecule has 2 aromatic carbocycles. The molecule has 3 aromatic rings. The monoisotopic (exact) mass is 445 g/mol. The van der Waals surface area contributed by atoms with Crippen molar-refractivity contribution in [3.05, 3.63) is 64.5 Å². The number of halogens is 1. The number of methoxy groups -OCH3 is 1. The standard InChI is InChI=1S/C23H24ClNO6/c1-4-29-21(23(26)27)11-15-8-9-18(12-20(15)28-3)30-13-19-14(2)31-22(25-19)16-6-5-7-17(24)10-16/h5-10,12,21H,4,11,13H2,1-3H3,(H,26,27). The van der Waals surface area contributed by atoms with Gasteiger partial charge >= 0.3 is 5.97 Å². The summed E-state index contributed by atoms with van der Waals surface area (Å²) >= 11 is 6.04. The van der Waals surface area contributed by atoms with Gasteiger partial charge < -0.3 is 23.7 Å². The van der Waals surface area contributed by atoms with Crippen molar-refractivity contribution in [3.8, 4) is 23.0 Å². The van der Waals surface area contributed by atoms with Crippen molar-refractivity contribution in [1.29, 1.82) is 0 Å². The van der Waals surface area contributed by atoms with Crippen LogP contribution in [0, 0.1) is 6.92 Å². The Kier molecular flexibility index (Phi) is 7.55. The summed E-state index contributed by atoms with van der Waals surface area (Å²) in [5, 5.41) is 9.91. The number of carbonyl (C=O) groups is 1. The molecule has 0 amide bonds. The first-order valence-electron chi connectivity index (χ1n) is 9.77. The van der Waals surface area contributed by atoms with E-state index in [1.807, 2.05) is 19.1 Å². The van der Waals surface area contributed by atoms with Crippen LogP contribution in [0.15, 0.2) is 46.9 Å². The molecule has 1 atom stereocenters. The van der Waals surface area contributed by atoms with Crippen LogP contribution < -0.4 is 9.47 Å². The van der Waals surface area contributed by atoms with Gasteiger partial charge in [0.1, 0.15) is 29.6 Å². The first kappa shape index (κ1) is 22.7. The van der Waals surface area contributed by atoms with Gasteiger partial charge in [0.05, 0.1) is 7.11 Å². The fourth-order valence-corrected chi connectivity index (χ4v) is 3.25. The number of aliphatic carboxylic acids is 1. The van der Waals surface area contributed by atoms with E-state index >= 15 is 0 Å². The van der Waals surface area contributed by atoms with Crippen molar-refractivity contribution in [2.45, 2.75) is 33.0 Å². The smallest absolute Gasteiger partial charge is 0.333 e. The van der Waals surface area contributed by atoms with E-state index < -0.39 is 12.1 Å². The normalized spacial score (nSPS) is 11.9. The highest BCUT2D eigenvalue weighted by atomic mass is 35.5. The number of hydrogen-bond acceptors (Lipinski definition) is 6. The molecule has 0 aliphatic rings. The van der Waals surface area contributed by atoms with E-state index in [0.29, 0.717) is 40.5 Å². The van der Waals surface area contributed by atoms with Gasteiger partial charge in [-0.3, -0.25) is 0 Å². The van der Waals surface area contributed by atoms with Gasteiger partial charge in [0, 0.05) is 29.7 Å². The molecule has 1 N–H and O–H groups in total. The molecular formula is C23H24ClNO6. The second-order valence-electron chi connectivity index (χ2n) is 6.78. The van der Waals surface area contributed by atoms with Crippen LogP contribution in [0.3, 0.4) is 0 Å². The number of carboxylic acid groups (broad SMARTS) is 1. The number of carboxylic acids is 1. The SMILES string of the molecule is CCOC(Cc1ccc(OCc2nc(-c3cccc(Cl)c3)oc2C)cc1OC)C(=O)O. The fraction of sp³-hybridized carbons (Fsp3) is 0.304. The van der Waals surface area contributed by atoms with E-state index in [1.54, 1.807) is 37.3 Å². The zero-order chi connectivity index (χ0) is 22.4. The number of ether oxygens (including phenoxy) is 3. The van der Waals surface area contributed by atoms with Crippen molar-refractivity contribution in [2.24, 2.45) is 0 Å². The number of rotatable bonds is 10. The summed E-state index contributed by atoms with van der Waals surface area (Å²) in [4.78, 5) is 15.9. The summed E-state index contributed by atoms with van der Waals surface area (Å²) in [6, 6.07) is 12.5. The third kappa shape index (κ3) is 5.77. The Morgan fingerprint density at radius 2 is 2.06 bits per heavy atom. The number of aromatic nitrogens is 1. The highest BCUT2D eigenvalue weighted by Gasteiger charge is 2.20. The minimum absolute atomic E-state index is 0.192. The lowest BCUT2D eigenvalue weighted by molar-refractivity contribution is -0.149. The third-order valence-corrected chi connectivity index (χ3v) is 4.88. The maximum absolute atomic E-state index is 11.4. The van der Waals surface area contributed by atoms with E-state index in [4.69, 9.17) is 30.2 Å². The van der Waals surface area contributed by atoms with Gasteiger partial charge in [-0.15, -0.1) is 0 Å². The highest BCUT2D eigenvalue weighted by Crippen LogP contribution is 2.28. The van der Waals surface area contributed by atoms with Crippen LogP contribution in [0.4, 0.5) is 0 Å². The number of nitrogens with zero attached hydrogens (tertiary/aromatic N) is 1. The van der Waals surface area contributed by atoms with Gasteiger partial charge in [0.25, 0.3) is 0 Å². The average molecular weight is 446 g/mol. The van der Waals surface area contributed by atoms with Crippen molar-refractivity contribution in [2.75, 3.05) is 13.7 Å². The first-order chi connectivity index (χ1) is 14.9. The summed E-state index contributed by atoms with van der Waals surface area (Å²) < 4.78 is 22.3. The summed E-state index contributed by atoms with van der Waals surface area (Å²) in [7, 11) is 1.53. The van der Waals surface area contributed by atoms with E-state index in [-0.39, 0.29) is 13.0 Å². The highest BCUT2D eigenvalue weighted by molar-refractivity contribution is 6.30. The summed E-state index contributed by atoms with van der Waals surface area (Å²) in [5.74, 6) is 1.21. The Hall–Kier alpha value is -3.03. The molecule has 0 spiro atoms. The van der Waals surface area contributed by atoms with Crippen LogP contribution in [0.5, 0.6) is 11.5 Å². The Morgan fingerprint density at radius 1 is 1.26 bits per heavy atom. The van der Waals surface area contributed by atoms with Gasteiger partial charge in [-0.2, -0.15) is 0 Å². The maximum Gasteiger partial charge on any atom is 0.333 e. The zero-order valence-electron chi connectivity index (χ0n) is 17.6. The lowest BCUT2D eigenvalue weighted by Crippen LogP contribution is -2.26. The number of aryl methyl sites for hydroxylation is 1. The van der Waals surface area contributed by atoms with Crippen LogP contribution in [-0.4, -0.2) is 35.9 Å². The second kappa shape index (κ2) is 10.3. The van der Waals surface area contributed by atoms with Crippen LogP contribution >= 0.6 is 11.6 Å². The van der Waals surface area contributed by atoms with Crippen molar-refractivity contribution < 1.29 is 28.5 Å². The van der Waals surface area contributed by atoms with E-state index in [1.165, 1.54) is 7.11 Å². The van der Waals surface area contributed by atoms with Gasteiger partial charge in [-0.1, -0.05) is 23.7 Å². The molecule has 0 saturated carbocycles. The molecule has 0 fully saturated rings. The van der Waals surface area contributed by atoms with E-state index in [9.17, 15) is 9.90 Å². The fourth-order valence-electron chi connectivity index (χ4n) is 3.06. The lowest BCUT2D eigenvalue weighted by atomic mass is 10.1. The second-order valence-corrected chi connectivity index (χ2v) is 7.22. The minimum Gasteiger partial charge on any atom is -0.496 e. The van der Waals surface area contributed by atoms with E-state index in [2.05, 4.69) is 4.98 Å². The molecule has 0 saturated heterocycles. The molecule has 0 bridgehead atoms. The predicted octanol–water partition coefficient (Wildman–Crippen LogP) is 4.92. The minimum atomic E-state index is -1.01. The molecule has 0 aliphatic carbocycles. The molecule has 8 heteroatoms. The summed E-state index contributed by atoms with van der Waals surface area (Å²) in [5.41, 5.74) is 2.17. The molecule has 164 valence electrons. The van der Waals surface area contributed by atoms with E-state index in [0.717, 1.165) is 11.1 Å². The Labute approximate surface area is 185 Å². The number of hydrogen-bond donors (Lipinski definition) is 1. The van der Waals surface area contributed by atoms with Crippen LogP contribution in [0.2, 0.25) is 5.02 Å². The first-order valence-corrected chi connectivity index (χ1v) is 10.2. The molecule has 0 radical (unpaired) electrons. The topological polar surface area (TPSA) is 91.0 Å². The molecule has 1 unspecified atom stereocenters. The van der Waals surface area contributed by atoms with Crippen LogP contribution in [0.1, 0.15) is 23.9 Å². The maximum atomic E-state index is 11.4. The Bertz CT molecular complexity index is 1050. The van der Waals surface area contributed by atoms with Crippen LogP contribution in [-0.2, 0) is 22.6 Å². The van der Waals surface area contributed by atoms with Crippen molar-refractivity contribution in [3.63, 3.8) is 0 Å². The zero-order valence-corrected chi connectivity index (χ0v) is 18.3. The van der Waals surface area contributed by atoms with Gasteiger partial charge in [-0.05, 0) is 43.7 Å². The van der Waals surface area contributed by atoms with Crippen molar-refractivity contribution >= 4 is 17.6 Å². The molecule has 3 rings (SSSR count). The molecule has 31 heavy (non-hydrogen) atoms. The molecule has 1 aromatic heterocycles. The largest absolute Gasteiger partial charge is 0.496 e. The summed E-state index contributed by atoms with van der Waals surface area (Å²) in [6.45, 7) is 4.10. The molecule has 0 aliphatic heterocycles. The number of benzene rings is 2. The summed E-state index contributed by atoms with van der Waals surface area (Å²) in [6.07, 6.45) is -0.744. The van der Waals surface area contributed by atoms with Crippen molar-refractivity contribution in [1.82, 2.24) is 4.98 Å². The molecule has 7 nitrogen and oxygen atoms in total. The Balaban J connectivity index is 1.71. The molecule has 1 heterocycles. The lowest BCUT2D eigenvalue weighted by Gasteiger charge is -2.15. The molecular weight excluding hydrogens is 422 g/mol. The van der Waals surface area contributed by atoms with Crippen LogP contribution in [0.25, 0.3) is 11.5 Å². The van der Waals surface area contributed by atoms with Gasteiger partial charge in [-0.25, -0.2) is 9.78 Å². The predicted molar refractivity (Wildman–Crippen MR) is 116 cm³/mol. The number of oxazole rings is 1. The van der Waals surface area contributed by atoms with Gasteiger partial charge in [0.2, 0.25) is 5.89 Å². The average Bonchev–Trinajstić information content (AvgIpc) is 3.13. The third-order valence-electron chi connectivity index (χ3n) is 4.65. The van der Waals surface area contributed by atoms with Gasteiger partial charge in [0.15, 0.2) is 6.10 Å². The quantitative estimate of drug-likeness (QED) is 0.473.